The highest BCUT2D eigenvalue weighted by Gasteiger charge is 2.23. The zero-order valence-electron chi connectivity index (χ0n) is 7.90. The van der Waals surface area contributed by atoms with Crippen molar-refractivity contribution < 1.29 is 0 Å². The van der Waals surface area contributed by atoms with Crippen LogP contribution >= 0.6 is 0 Å². The van der Waals surface area contributed by atoms with Crippen molar-refractivity contribution in [1.82, 2.24) is 9.38 Å². The van der Waals surface area contributed by atoms with E-state index in [1.807, 2.05) is 10.6 Å². The molecule has 3 nitrogen and oxygen atoms in total. The molecule has 2 aromatic heterocycles. The monoisotopic (exact) mass is 186 g/mol. The van der Waals surface area contributed by atoms with Gasteiger partial charge in [0.1, 0.15) is 5.65 Å². The molecule has 0 aliphatic heterocycles. The van der Waals surface area contributed by atoms with Crippen LogP contribution in [0.5, 0.6) is 0 Å². The molecule has 3 heteroatoms. The van der Waals surface area contributed by atoms with Crippen LogP contribution in [0.25, 0.3) is 5.65 Å². The number of hydrogen-bond acceptors (Lipinski definition) is 2. The Morgan fingerprint density at radius 1 is 1.50 bits per heavy atom. The number of aromatic nitrogens is 2. The first kappa shape index (κ1) is 8.00. The quantitative estimate of drug-likeness (QED) is 0.771. The summed E-state index contributed by atoms with van der Waals surface area (Å²) in [6.07, 6.45) is 6.77. The van der Waals surface area contributed by atoms with E-state index in [0.717, 1.165) is 17.3 Å². The van der Waals surface area contributed by atoms with Crippen LogP contribution in [0.1, 0.15) is 30.0 Å². The second kappa shape index (κ2) is 2.82. The molecular formula is C11H12N3. The SMILES string of the molecule is NCc1cn2cc(C3CC3)c[c]c2n1. The van der Waals surface area contributed by atoms with Crippen molar-refractivity contribution in [2.24, 2.45) is 5.73 Å². The van der Waals surface area contributed by atoms with E-state index in [9.17, 15) is 0 Å². The van der Waals surface area contributed by atoms with Crippen LogP contribution in [0.2, 0.25) is 0 Å². The maximum atomic E-state index is 5.53. The molecule has 0 spiro atoms. The van der Waals surface area contributed by atoms with Gasteiger partial charge in [0.2, 0.25) is 0 Å². The lowest BCUT2D eigenvalue weighted by molar-refractivity contribution is 1.01. The maximum absolute atomic E-state index is 5.53. The number of fused-ring (bicyclic) bond motifs is 1. The Morgan fingerprint density at radius 2 is 2.36 bits per heavy atom. The molecule has 0 aromatic carbocycles. The van der Waals surface area contributed by atoms with Gasteiger partial charge in [0.05, 0.1) is 5.69 Å². The summed E-state index contributed by atoms with van der Waals surface area (Å²) in [6.45, 7) is 0.494. The van der Waals surface area contributed by atoms with Crippen molar-refractivity contribution in [1.29, 1.82) is 0 Å². The average molecular weight is 186 g/mol. The zero-order chi connectivity index (χ0) is 9.54. The zero-order valence-corrected chi connectivity index (χ0v) is 7.90. The number of pyridine rings is 1. The van der Waals surface area contributed by atoms with E-state index in [4.69, 9.17) is 5.73 Å². The van der Waals surface area contributed by atoms with Gasteiger partial charge in [-0.15, -0.1) is 0 Å². The molecule has 14 heavy (non-hydrogen) atoms. The van der Waals surface area contributed by atoms with Gasteiger partial charge >= 0.3 is 0 Å². The summed E-state index contributed by atoms with van der Waals surface area (Å²) in [6, 6.07) is 5.25. The van der Waals surface area contributed by atoms with Crippen LogP contribution in [0, 0.1) is 6.07 Å². The van der Waals surface area contributed by atoms with E-state index in [0.29, 0.717) is 6.54 Å². The van der Waals surface area contributed by atoms with Gasteiger partial charge < -0.3 is 10.1 Å². The molecule has 2 heterocycles. The minimum Gasteiger partial charge on any atom is -0.325 e. The summed E-state index contributed by atoms with van der Waals surface area (Å²) in [5, 5.41) is 0. The maximum Gasteiger partial charge on any atom is 0.145 e. The number of rotatable bonds is 2. The lowest BCUT2D eigenvalue weighted by atomic mass is 10.2. The minimum atomic E-state index is 0.494. The Kier molecular flexibility index (Phi) is 1.61. The molecular weight excluding hydrogens is 174 g/mol. The molecule has 71 valence electrons. The first-order valence-electron chi connectivity index (χ1n) is 4.96. The molecule has 1 aliphatic carbocycles. The van der Waals surface area contributed by atoms with Crippen LogP contribution in [0.3, 0.4) is 0 Å². The number of imidazole rings is 1. The fraction of sp³-hybridized carbons (Fsp3) is 0.364. The minimum absolute atomic E-state index is 0.494. The van der Waals surface area contributed by atoms with E-state index < -0.39 is 0 Å². The fourth-order valence-corrected chi connectivity index (χ4v) is 1.73. The number of nitrogens with two attached hydrogens (primary N) is 1. The van der Waals surface area contributed by atoms with Gasteiger partial charge in [0.15, 0.2) is 0 Å². The molecule has 2 aromatic rings. The lowest BCUT2D eigenvalue weighted by Gasteiger charge is -1.97. The Balaban J connectivity index is 2.12. The van der Waals surface area contributed by atoms with Crippen LogP contribution in [-0.4, -0.2) is 9.38 Å². The van der Waals surface area contributed by atoms with Gasteiger partial charge in [-0.2, -0.15) is 0 Å². The molecule has 3 rings (SSSR count). The average Bonchev–Trinajstić information content (AvgIpc) is 2.97. The van der Waals surface area contributed by atoms with E-state index in [1.54, 1.807) is 0 Å². The molecule has 2 N–H and O–H groups in total. The van der Waals surface area contributed by atoms with Crippen molar-refractivity contribution >= 4 is 5.65 Å². The predicted molar refractivity (Wildman–Crippen MR) is 53.9 cm³/mol. The van der Waals surface area contributed by atoms with Crippen molar-refractivity contribution in [3.8, 4) is 0 Å². The summed E-state index contributed by atoms with van der Waals surface area (Å²) < 4.78 is 2.02. The molecule has 1 saturated carbocycles. The van der Waals surface area contributed by atoms with Crippen LogP contribution in [0.15, 0.2) is 18.5 Å². The summed E-state index contributed by atoms with van der Waals surface area (Å²) in [5.74, 6) is 0.763. The Hall–Kier alpha value is -1.35. The standard InChI is InChI=1S/C11H12N3/c12-5-10-7-14-6-9(8-1-2-8)3-4-11(14)13-10/h3,6-8H,1-2,5,12H2. The second-order valence-corrected chi connectivity index (χ2v) is 3.86. The van der Waals surface area contributed by atoms with Crippen molar-refractivity contribution in [2.75, 3.05) is 0 Å². The number of nitrogens with zero attached hydrogens (tertiary/aromatic N) is 2. The van der Waals surface area contributed by atoms with Gasteiger partial charge in [-0.25, -0.2) is 4.98 Å². The van der Waals surface area contributed by atoms with E-state index in [1.165, 1.54) is 18.4 Å². The molecule has 0 saturated heterocycles. The Morgan fingerprint density at radius 3 is 3.07 bits per heavy atom. The summed E-state index contributed by atoms with van der Waals surface area (Å²) in [5.41, 5.74) is 8.70. The molecule has 1 fully saturated rings. The normalized spacial score (nSPS) is 16.4. The van der Waals surface area contributed by atoms with E-state index in [-0.39, 0.29) is 0 Å². The summed E-state index contributed by atoms with van der Waals surface area (Å²) in [4.78, 5) is 4.33. The molecule has 1 radical (unpaired) electrons. The van der Waals surface area contributed by atoms with E-state index >= 15 is 0 Å². The van der Waals surface area contributed by atoms with Gasteiger partial charge in [-0.1, -0.05) is 0 Å². The van der Waals surface area contributed by atoms with Crippen LogP contribution < -0.4 is 5.73 Å². The smallest absolute Gasteiger partial charge is 0.145 e. The number of hydrogen-bond donors (Lipinski definition) is 1. The van der Waals surface area contributed by atoms with Crippen molar-refractivity contribution in [3.63, 3.8) is 0 Å². The third-order valence-corrected chi connectivity index (χ3v) is 2.70. The lowest BCUT2D eigenvalue weighted by Crippen LogP contribution is -1.95. The largest absolute Gasteiger partial charge is 0.325 e. The predicted octanol–water partition coefficient (Wildman–Crippen LogP) is 1.47. The Bertz CT molecular complexity index is 468. The summed E-state index contributed by atoms with van der Waals surface area (Å²) in [7, 11) is 0. The third-order valence-electron chi connectivity index (χ3n) is 2.70. The van der Waals surface area contributed by atoms with Gasteiger partial charge in [0, 0.05) is 25.0 Å². The van der Waals surface area contributed by atoms with Crippen molar-refractivity contribution in [3.05, 3.63) is 35.8 Å². The molecule has 0 bridgehead atoms. The van der Waals surface area contributed by atoms with Gasteiger partial charge in [0.25, 0.3) is 0 Å². The van der Waals surface area contributed by atoms with Crippen LogP contribution in [0.4, 0.5) is 0 Å². The fourth-order valence-electron chi connectivity index (χ4n) is 1.73. The topological polar surface area (TPSA) is 43.3 Å². The van der Waals surface area contributed by atoms with Gasteiger partial charge in [-0.05, 0) is 30.4 Å². The highest BCUT2D eigenvalue weighted by molar-refractivity contribution is 5.41. The third kappa shape index (κ3) is 1.21. The molecule has 0 unspecified atom stereocenters. The van der Waals surface area contributed by atoms with Gasteiger partial charge in [-0.3, -0.25) is 0 Å². The van der Waals surface area contributed by atoms with Crippen molar-refractivity contribution in [2.45, 2.75) is 25.3 Å². The summed E-state index contributed by atoms with van der Waals surface area (Å²) >= 11 is 0. The Labute approximate surface area is 82.6 Å². The highest BCUT2D eigenvalue weighted by atomic mass is 15.0. The molecule has 1 aliphatic rings. The highest BCUT2D eigenvalue weighted by Crippen LogP contribution is 2.39. The van der Waals surface area contributed by atoms with E-state index in [2.05, 4.69) is 23.3 Å². The first-order valence-corrected chi connectivity index (χ1v) is 4.96. The molecule has 0 atom stereocenters. The van der Waals surface area contributed by atoms with Crippen LogP contribution in [-0.2, 0) is 6.54 Å². The molecule has 0 amide bonds. The first-order chi connectivity index (χ1) is 6.86. The second-order valence-electron chi connectivity index (χ2n) is 3.86.